The minimum atomic E-state index is -0.511. The molecule has 106 valence electrons. The monoisotopic (exact) mass is 286 g/mol. The third kappa shape index (κ3) is 2.87. The molecule has 1 fully saturated rings. The summed E-state index contributed by atoms with van der Waals surface area (Å²) in [5.74, 6) is -0.511. The van der Waals surface area contributed by atoms with E-state index >= 15 is 0 Å². The maximum atomic E-state index is 14.2. The molecule has 0 atom stereocenters. The maximum absolute atomic E-state index is 14.2. The van der Waals surface area contributed by atoms with E-state index in [0.717, 1.165) is 39.1 Å². The van der Waals surface area contributed by atoms with E-state index in [0.29, 0.717) is 11.4 Å². The summed E-state index contributed by atoms with van der Waals surface area (Å²) in [5.41, 5.74) is 12.4. The predicted molar refractivity (Wildman–Crippen MR) is 79.2 cm³/mol. The van der Waals surface area contributed by atoms with Crippen LogP contribution in [-0.2, 0) is 0 Å². The van der Waals surface area contributed by atoms with E-state index in [2.05, 4.69) is 11.8 Å². The molecule has 0 spiro atoms. The van der Waals surface area contributed by atoms with Crippen molar-refractivity contribution in [2.24, 2.45) is 0 Å². The molecule has 1 saturated heterocycles. The molecule has 0 saturated carbocycles. The second-order valence-electron chi connectivity index (χ2n) is 4.86. The van der Waals surface area contributed by atoms with Crippen LogP contribution in [0, 0.1) is 5.82 Å². The first-order valence-corrected chi connectivity index (χ1v) is 6.92. The molecule has 0 amide bonds. The van der Waals surface area contributed by atoms with Crippen LogP contribution in [-0.4, -0.2) is 37.6 Å². The minimum Gasteiger partial charge on any atom is -0.397 e. The molecule has 1 aliphatic heterocycles. The normalized spacial score (nSPS) is 16.9. The van der Waals surface area contributed by atoms with E-state index in [1.165, 1.54) is 6.07 Å². The van der Waals surface area contributed by atoms with Crippen molar-refractivity contribution in [2.45, 2.75) is 13.3 Å². The Bertz CT molecular complexity index is 458. The smallest absolute Gasteiger partial charge is 0.169 e. The Hall–Kier alpha value is -1.20. The summed E-state index contributed by atoms with van der Waals surface area (Å²) in [4.78, 5) is 4.31. The average Bonchev–Trinajstić information content (AvgIpc) is 2.38. The Labute approximate surface area is 118 Å². The molecule has 0 aliphatic carbocycles. The molecule has 4 N–H and O–H groups in total. The van der Waals surface area contributed by atoms with Gasteiger partial charge < -0.3 is 16.4 Å². The average molecular weight is 287 g/mol. The molecule has 0 aromatic heterocycles. The molecule has 1 aromatic rings. The van der Waals surface area contributed by atoms with Gasteiger partial charge in [-0.15, -0.1) is 0 Å². The fourth-order valence-electron chi connectivity index (χ4n) is 2.49. The van der Waals surface area contributed by atoms with Crippen molar-refractivity contribution in [3.8, 4) is 0 Å². The highest BCUT2D eigenvalue weighted by molar-refractivity contribution is 6.33. The van der Waals surface area contributed by atoms with Crippen LogP contribution >= 0.6 is 11.6 Å². The lowest BCUT2D eigenvalue weighted by molar-refractivity contribution is 0.258. The number of benzene rings is 1. The van der Waals surface area contributed by atoms with Crippen LogP contribution in [0.25, 0.3) is 0 Å². The van der Waals surface area contributed by atoms with Crippen LogP contribution < -0.4 is 16.4 Å². The molecule has 4 nitrogen and oxygen atoms in total. The number of hydrogen-bond donors (Lipinski definition) is 2. The van der Waals surface area contributed by atoms with Gasteiger partial charge in [0.2, 0.25) is 0 Å². The first kappa shape index (κ1) is 14.2. The van der Waals surface area contributed by atoms with Crippen molar-refractivity contribution < 1.29 is 4.39 Å². The third-order valence-electron chi connectivity index (χ3n) is 3.47. The van der Waals surface area contributed by atoms with Gasteiger partial charge in [0.25, 0.3) is 0 Å². The molecule has 1 heterocycles. The number of piperazine rings is 1. The maximum Gasteiger partial charge on any atom is 0.169 e. The van der Waals surface area contributed by atoms with Gasteiger partial charge >= 0.3 is 0 Å². The van der Waals surface area contributed by atoms with Crippen LogP contribution in [0.3, 0.4) is 0 Å². The fraction of sp³-hybridized carbons (Fsp3) is 0.538. The number of hydrogen-bond acceptors (Lipinski definition) is 4. The number of anilines is 3. The minimum absolute atomic E-state index is 0.0415. The SMILES string of the molecule is CCCN1CCN(c2c(N)cc(N)c(Cl)c2F)CC1. The van der Waals surface area contributed by atoms with E-state index in [1.807, 2.05) is 4.90 Å². The molecule has 6 heteroatoms. The Morgan fingerprint density at radius 1 is 1.21 bits per heavy atom. The van der Waals surface area contributed by atoms with Gasteiger partial charge in [0.05, 0.1) is 17.1 Å². The zero-order valence-electron chi connectivity index (χ0n) is 11.1. The van der Waals surface area contributed by atoms with Gasteiger partial charge in [-0.1, -0.05) is 18.5 Å². The molecule has 0 radical (unpaired) electrons. The highest BCUT2D eigenvalue weighted by Crippen LogP contribution is 2.36. The van der Waals surface area contributed by atoms with Crippen LogP contribution in [0.5, 0.6) is 0 Å². The number of nitrogens with zero attached hydrogens (tertiary/aromatic N) is 2. The molecule has 1 aliphatic rings. The quantitative estimate of drug-likeness (QED) is 0.836. The number of halogens is 2. The molecule has 1 aromatic carbocycles. The van der Waals surface area contributed by atoms with Gasteiger partial charge in [-0.05, 0) is 19.0 Å². The van der Waals surface area contributed by atoms with Crippen LogP contribution in [0.2, 0.25) is 5.02 Å². The number of nitrogen functional groups attached to an aromatic ring is 2. The summed E-state index contributed by atoms with van der Waals surface area (Å²) >= 11 is 5.86. The summed E-state index contributed by atoms with van der Waals surface area (Å²) in [6, 6.07) is 1.53. The van der Waals surface area contributed by atoms with Crippen molar-refractivity contribution in [1.29, 1.82) is 0 Å². The van der Waals surface area contributed by atoms with Gasteiger partial charge in [-0.25, -0.2) is 4.39 Å². The van der Waals surface area contributed by atoms with Gasteiger partial charge in [-0.3, -0.25) is 4.90 Å². The summed E-state index contributed by atoms with van der Waals surface area (Å²) in [6.45, 7) is 6.56. The standard InChI is InChI=1S/C13H20ClFN4/c1-2-3-18-4-6-19(7-5-18)13-10(17)8-9(16)11(14)12(13)15/h8H,2-7,16-17H2,1H3. The van der Waals surface area contributed by atoms with Gasteiger partial charge in [-0.2, -0.15) is 0 Å². The van der Waals surface area contributed by atoms with Crippen LogP contribution in [0.15, 0.2) is 6.07 Å². The number of nitrogens with two attached hydrogens (primary N) is 2. The van der Waals surface area contributed by atoms with E-state index in [1.54, 1.807) is 0 Å². The van der Waals surface area contributed by atoms with Gasteiger partial charge in [0, 0.05) is 26.2 Å². The van der Waals surface area contributed by atoms with E-state index < -0.39 is 5.82 Å². The van der Waals surface area contributed by atoms with Crippen molar-refractivity contribution >= 4 is 28.7 Å². The summed E-state index contributed by atoms with van der Waals surface area (Å²) in [5, 5.41) is -0.0415. The van der Waals surface area contributed by atoms with Gasteiger partial charge in [0.15, 0.2) is 5.82 Å². The highest BCUT2D eigenvalue weighted by atomic mass is 35.5. The van der Waals surface area contributed by atoms with Gasteiger partial charge in [0.1, 0.15) is 5.02 Å². The van der Waals surface area contributed by atoms with Crippen molar-refractivity contribution in [3.05, 3.63) is 16.9 Å². The molecule has 0 unspecified atom stereocenters. The zero-order valence-corrected chi connectivity index (χ0v) is 11.9. The fourth-order valence-corrected chi connectivity index (χ4v) is 2.63. The Balaban J connectivity index is 2.18. The lowest BCUT2D eigenvalue weighted by Crippen LogP contribution is -2.47. The summed E-state index contributed by atoms with van der Waals surface area (Å²) < 4.78 is 14.2. The van der Waals surface area contributed by atoms with E-state index in [-0.39, 0.29) is 10.7 Å². The third-order valence-corrected chi connectivity index (χ3v) is 3.85. The second kappa shape index (κ2) is 5.84. The lowest BCUT2D eigenvalue weighted by atomic mass is 10.2. The summed E-state index contributed by atoms with van der Waals surface area (Å²) in [6.07, 6.45) is 1.13. The zero-order chi connectivity index (χ0) is 14.0. The van der Waals surface area contributed by atoms with E-state index in [4.69, 9.17) is 23.1 Å². The second-order valence-corrected chi connectivity index (χ2v) is 5.24. The van der Waals surface area contributed by atoms with Crippen molar-refractivity contribution in [2.75, 3.05) is 49.1 Å². The lowest BCUT2D eigenvalue weighted by Gasteiger charge is -2.36. The molecule has 19 heavy (non-hydrogen) atoms. The Kier molecular flexibility index (Phi) is 4.37. The number of rotatable bonds is 3. The molecule has 2 rings (SSSR count). The van der Waals surface area contributed by atoms with E-state index in [9.17, 15) is 4.39 Å². The first-order chi connectivity index (χ1) is 9.04. The first-order valence-electron chi connectivity index (χ1n) is 6.54. The predicted octanol–water partition coefficient (Wildman–Crippen LogP) is 2.18. The van der Waals surface area contributed by atoms with Crippen LogP contribution in [0.4, 0.5) is 21.5 Å². The summed E-state index contributed by atoms with van der Waals surface area (Å²) in [7, 11) is 0. The molecule has 0 bridgehead atoms. The topological polar surface area (TPSA) is 58.5 Å². The van der Waals surface area contributed by atoms with Crippen molar-refractivity contribution in [3.63, 3.8) is 0 Å². The Morgan fingerprint density at radius 3 is 2.42 bits per heavy atom. The molecular weight excluding hydrogens is 267 g/mol. The molecular formula is C13H20ClFN4. The largest absolute Gasteiger partial charge is 0.397 e. The Morgan fingerprint density at radius 2 is 1.84 bits per heavy atom. The van der Waals surface area contributed by atoms with Crippen molar-refractivity contribution in [1.82, 2.24) is 4.90 Å². The van der Waals surface area contributed by atoms with Crippen LogP contribution in [0.1, 0.15) is 13.3 Å². The highest BCUT2D eigenvalue weighted by Gasteiger charge is 2.23.